The number of carbonyl (C=O) groups excluding carboxylic acids is 1. The van der Waals surface area contributed by atoms with Gasteiger partial charge in [-0.1, -0.05) is 0 Å². The molecule has 1 aliphatic rings. The highest BCUT2D eigenvalue weighted by Gasteiger charge is 2.30. The minimum atomic E-state index is -0.886. The Balaban J connectivity index is 2.15. The number of aliphatic hydroxyl groups is 1. The predicted octanol–water partition coefficient (Wildman–Crippen LogP) is 2.83. The highest BCUT2D eigenvalue weighted by atomic mass is 19.1. The van der Waals surface area contributed by atoms with Crippen LogP contribution >= 0.6 is 0 Å². The summed E-state index contributed by atoms with van der Waals surface area (Å²) in [6.45, 7) is 6.77. The van der Waals surface area contributed by atoms with Crippen LogP contribution in [-0.2, 0) is 11.2 Å². The molecule has 1 aliphatic heterocycles. The van der Waals surface area contributed by atoms with Gasteiger partial charge in [-0.25, -0.2) is 9.18 Å². The van der Waals surface area contributed by atoms with Gasteiger partial charge in [0, 0.05) is 12.1 Å². The number of benzene rings is 1. The van der Waals surface area contributed by atoms with Crippen molar-refractivity contribution in [2.24, 2.45) is 0 Å². The largest absolute Gasteiger partial charge is 0.444 e. The van der Waals surface area contributed by atoms with E-state index in [4.69, 9.17) is 4.74 Å². The highest BCUT2D eigenvalue weighted by Crippen LogP contribution is 2.28. The lowest BCUT2D eigenvalue weighted by Crippen LogP contribution is -2.43. The summed E-state index contributed by atoms with van der Waals surface area (Å²) in [6, 6.07) is 4.13. The van der Waals surface area contributed by atoms with E-state index < -0.39 is 23.1 Å². The van der Waals surface area contributed by atoms with Crippen LogP contribution < -0.4 is 10.6 Å². The number of hydrogen-bond donors (Lipinski definition) is 3. The van der Waals surface area contributed by atoms with Gasteiger partial charge in [-0.05, 0) is 70.5 Å². The Labute approximate surface area is 136 Å². The first-order chi connectivity index (χ1) is 10.7. The lowest BCUT2D eigenvalue weighted by Gasteiger charge is -2.33. The number of carbonyl (C=O) groups is 1. The van der Waals surface area contributed by atoms with E-state index in [1.165, 1.54) is 18.2 Å². The van der Waals surface area contributed by atoms with Gasteiger partial charge >= 0.3 is 6.09 Å². The highest BCUT2D eigenvalue weighted by molar-refractivity contribution is 5.86. The Bertz CT molecular complexity index is 563. The number of anilines is 1. The van der Waals surface area contributed by atoms with E-state index in [-0.39, 0.29) is 6.42 Å². The van der Waals surface area contributed by atoms with Crippen LogP contribution in [0.4, 0.5) is 14.9 Å². The molecular weight excluding hydrogens is 299 g/mol. The van der Waals surface area contributed by atoms with Crippen molar-refractivity contribution in [3.63, 3.8) is 0 Å². The Hall–Kier alpha value is -1.66. The van der Waals surface area contributed by atoms with Crippen molar-refractivity contribution in [1.29, 1.82) is 0 Å². The average Bonchev–Trinajstić information content (AvgIpc) is 2.40. The van der Waals surface area contributed by atoms with Gasteiger partial charge in [0.1, 0.15) is 11.4 Å². The van der Waals surface area contributed by atoms with E-state index in [1.807, 2.05) is 0 Å². The van der Waals surface area contributed by atoms with Crippen molar-refractivity contribution >= 4 is 11.8 Å². The van der Waals surface area contributed by atoms with E-state index in [9.17, 15) is 14.3 Å². The molecular formula is C17H25FN2O3. The number of piperidine rings is 1. The van der Waals surface area contributed by atoms with Gasteiger partial charge in [-0.15, -0.1) is 0 Å². The van der Waals surface area contributed by atoms with E-state index in [0.29, 0.717) is 24.1 Å². The third-order valence-electron chi connectivity index (χ3n) is 3.76. The van der Waals surface area contributed by atoms with Crippen molar-refractivity contribution < 1.29 is 19.0 Å². The summed E-state index contributed by atoms with van der Waals surface area (Å²) in [5.74, 6) is -0.396. The maximum atomic E-state index is 13.6. The fourth-order valence-corrected chi connectivity index (χ4v) is 2.67. The van der Waals surface area contributed by atoms with Gasteiger partial charge < -0.3 is 15.2 Å². The first-order valence-electron chi connectivity index (χ1n) is 7.88. The maximum Gasteiger partial charge on any atom is 0.412 e. The molecule has 1 aromatic carbocycles. The first-order valence-corrected chi connectivity index (χ1v) is 7.88. The van der Waals surface area contributed by atoms with Crippen LogP contribution in [0.5, 0.6) is 0 Å². The molecule has 2 rings (SSSR count). The number of halogens is 1. The summed E-state index contributed by atoms with van der Waals surface area (Å²) in [4.78, 5) is 11.9. The molecule has 0 radical (unpaired) electrons. The number of ether oxygens (including phenoxy) is 1. The van der Waals surface area contributed by atoms with E-state index >= 15 is 0 Å². The molecule has 1 fully saturated rings. The third kappa shape index (κ3) is 5.48. The van der Waals surface area contributed by atoms with Gasteiger partial charge in [0.25, 0.3) is 0 Å². The van der Waals surface area contributed by atoms with E-state index in [0.717, 1.165) is 13.1 Å². The van der Waals surface area contributed by atoms with Crippen LogP contribution in [0.1, 0.15) is 39.2 Å². The molecule has 0 unspecified atom stereocenters. The summed E-state index contributed by atoms with van der Waals surface area (Å²) in [5.41, 5.74) is -0.464. The van der Waals surface area contributed by atoms with Crippen molar-refractivity contribution in [3.05, 3.63) is 29.6 Å². The zero-order valence-corrected chi connectivity index (χ0v) is 13.9. The minimum Gasteiger partial charge on any atom is -0.444 e. The molecule has 0 atom stereocenters. The fraction of sp³-hybridized carbons (Fsp3) is 0.588. The standard InChI is InChI=1S/C17H25FN2O3/c1-16(2,3)23-15(21)20-14-5-4-13(18)10-12(14)11-17(22)6-8-19-9-7-17/h4-5,10,19,22H,6-9,11H2,1-3H3,(H,20,21). The molecule has 128 valence electrons. The Morgan fingerprint density at radius 3 is 2.65 bits per heavy atom. The van der Waals surface area contributed by atoms with Crippen LogP contribution in [-0.4, -0.2) is 35.5 Å². The zero-order chi connectivity index (χ0) is 17.1. The number of nitrogens with one attached hydrogen (secondary N) is 2. The van der Waals surface area contributed by atoms with Gasteiger partial charge in [0.2, 0.25) is 0 Å². The lowest BCUT2D eigenvalue weighted by atomic mass is 9.85. The second kappa shape index (κ2) is 6.84. The molecule has 1 aromatic rings. The van der Waals surface area contributed by atoms with E-state index in [2.05, 4.69) is 10.6 Å². The van der Waals surface area contributed by atoms with Crippen LogP contribution in [0.15, 0.2) is 18.2 Å². The molecule has 6 heteroatoms. The van der Waals surface area contributed by atoms with Crippen LogP contribution in [0.25, 0.3) is 0 Å². The smallest absolute Gasteiger partial charge is 0.412 e. The predicted molar refractivity (Wildman–Crippen MR) is 87.0 cm³/mol. The lowest BCUT2D eigenvalue weighted by molar-refractivity contribution is 0.0109. The van der Waals surface area contributed by atoms with Gasteiger partial charge in [-0.2, -0.15) is 0 Å². The SMILES string of the molecule is CC(C)(C)OC(=O)Nc1ccc(F)cc1CC1(O)CCNCC1. The average molecular weight is 324 g/mol. The van der Waals surface area contributed by atoms with Crippen LogP contribution in [0.3, 0.4) is 0 Å². The third-order valence-corrected chi connectivity index (χ3v) is 3.76. The van der Waals surface area contributed by atoms with Crippen LogP contribution in [0.2, 0.25) is 0 Å². The summed E-state index contributed by atoms with van der Waals surface area (Å²) < 4.78 is 18.8. The molecule has 3 N–H and O–H groups in total. The summed E-state index contributed by atoms with van der Waals surface area (Å²) in [5, 5.41) is 16.5. The maximum absolute atomic E-state index is 13.6. The Morgan fingerprint density at radius 1 is 1.39 bits per heavy atom. The monoisotopic (exact) mass is 324 g/mol. The van der Waals surface area contributed by atoms with Gasteiger partial charge in [0.15, 0.2) is 0 Å². The molecule has 5 nitrogen and oxygen atoms in total. The molecule has 0 spiro atoms. The van der Waals surface area contributed by atoms with Crippen molar-refractivity contribution in [1.82, 2.24) is 5.32 Å². The van der Waals surface area contributed by atoms with Crippen molar-refractivity contribution in [2.75, 3.05) is 18.4 Å². The van der Waals surface area contributed by atoms with Crippen LogP contribution in [0, 0.1) is 5.82 Å². The molecule has 1 saturated heterocycles. The Morgan fingerprint density at radius 2 is 2.04 bits per heavy atom. The molecule has 23 heavy (non-hydrogen) atoms. The topological polar surface area (TPSA) is 70.6 Å². The molecule has 0 aliphatic carbocycles. The molecule has 1 heterocycles. The summed E-state index contributed by atoms with van der Waals surface area (Å²) in [6.07, 6.45) is 0.880. The van der Waals surface area contributed by atoms with Gasteiger partial charge in [0.05, 0.1) is 5.60 Å². The van der Waals surface area contributed by atoms with Crippen molar-refractivity contribution in [2.45, 2.75) is 51.2 Å². The molecule has 0 bridgehead atoms. The Kier molecular flexibility index (Phi) is 5.26. The van der Waals surface area contributed by atoms with Gasteiger partial charge in [-0.3, -0.25) is 5.32 Å². The summed E-state index contributed by atoms with van der Waals surface area (Å²) in [7, 11) is 0. The first kappa shape index (κ1) is 17.7. The second-order valence-corrected chi connectivity index (χ2v) is 7.08. The number of hydrogen-bond acceptors (Lipinski definition) is 4. The number of amides is 1. The fourth-order valence-electron chi connectivity index (χ4n) is 2.67. The van der Waals surface area contributed by atoms with Crippen molar-refractivity contribution in [3.8, 4) is 0 Å². The molecule has 1 amide bonds. The molecule has 0 saturated carbocycles. The van der Waals surface area contributed by atoms with E-state index in [1.54, 1.807) is 20.8 Å². The quantitative estimate of drug-likeness (QED) is 0.799. The normalized spacial score (nSPS) is 17.6. The summed E-state index contributed by atoms with van der Waals surface area (Å²) >= 11 is 0. The minimum absolute atomic E-state index is 0.289. The zero-order valence-electron chi connectivity index (χ0n) is 13.9. The second-order valence-electron chi connectivity index (χ2n) is 7.08. The molecule has 0 aromatic heterocycles. The number of rotatable bonds is 3.